The lowest BCUT2D eigenvalue weighted by molar-refractivity contribution is -0.219. The van der Waals surface area contributed by atoms with Crippen molar-refractivity contribution in [2.24, 2.45) is 82.7 Å². The van der Waals surface area contributed by atoms with Gasteiger partial charge in [-0.25, -0.2) is 0 Å². The Morgan fingerprint density at radius 1 is 0.408 bits per heavy atom. The first-order valence-electron chi connectivity index (χ1n) is 37.4. The Bertz CT molecular complexity index is 2480. The number of carbonyl (C=O) groups is 6. The number of hydrogen-bond donors (Lipinski definition) is 0. The van der Waals surface area contributed by atoms with Gasteiger partial charge >= 0.3 is 35.8 Å². The molecule has 13 atom stereocenters. The van der Waals surface area contributed by atoms with Crippen LogP contribution in [0.25, 0.3) is 0 Å². The zero-order valence-electron chi connectivity index (χ0n) is 68.8. The highest BCUT2D eigenvalue weighted by atomic mass is 16.7. The lowest BCUT2D eigenvalue weighted by atomic mass is 9.70. The van der Waals surface area contributed by atoms with E-state index in [4.69, 9.17) is 52.1 Å². The van der Waals surface area contributed by atoms with Gasteiger partial charge in [-0.1, -0.05) is 104 Å². The summed E-state index contributed by atoms with van der Waals surface area (Å²) >= 11 is 0. The summed E-state index contributed by atoms with van der Waals surface area (Å²) in [4.78, 5) is 70.3. The molecule has 6 aliphatic carbocycles. The minimum absolute atomic E-state index is 0.0439. The molecule has 0 aromatic heterocycles. The van der Waals surface area contributed by atoms with Gasteiger partial charge in [0.05, 0.1) is 50.8 Å². The van der Waals surface area contributed by atoms with Crippen molar-refractivity contribution in [1.29, 1.82) is 0 Å². The van der Waals surface area contributed by atoms with Gasteiger partial charge in [0.1, 0.15) is 0 Å². The lowest BCUT2D eigenvalue weighted by Crippen LogP contribution is -2.45. The summed E-state index contributed by atoms with van der Waals surface area (Å²) in [6.07, 6.45) is 14.6. The van der Waals surface area contributed by atoms with Crippen molar-refractivity contribution in [3.63, 3.8) is 0 Å². The van der Waals surface area contributed by atoms with E-state index in [-0.39, 0.29) is 94.8 Å². The lowest BCUT2D eigenvalue weighted by Gasteiger charge is -2.43. The summed E-state index contributed by atoms with van der Waals surface area (Å²) < 4.78 is 64.2. The highest BCUT2D eigenvalue weighted by molar-refractivity contribution is 5.78. The maximum atomic E-state index is 12.2. The van der Waals surface area contributed by atoms with Gasteiger partial charge < -0.3 is 56.8 Å². The van der Waals surface area contributed by atoms with Gasteiger partial charge in [-0.2, -0.15) is 0 Å². The maximum Gasteiger partial charge on any atom is 0.313 e. The Labute approximate surface area is 597 Å². The topological polar surface area (TPSA) is 213 Å². The van der Waals surface area contributed by atoms with Crippen molar-refractivity contribution < 1.29 is 85.6 Å². The van der Waals surface area contributed by atoms with Gasteiger partial charge in [0, 0.05) is 20.8 Å². The molecule has 0 spiro atoms. The molecule has 0 aliphatic heterocycles. The van der Waals surface area contributed by atoms with Crippen LogP contribution in [0.2, 0.25) is 0 Å². The van der Waals surface area contributed by atoms with Gasteiger partial charge in [-0.15, -0.1) is 0 Å². The Kier molecular flexibility index (Phi) is 35.3. The van der Waals surface area contributed by atoms with Crippen molar-refractivity contribution in [3.8, 4) is 0 Å². The second kappa shape index (κ2) is 37.3. The largest absolute Gasteiger partial charge is 0.438 e. The van der Waals surface area contributed by atoms with Gasteiger partial charge in [0.2, 0.25) is 0 Å². The molecule has 0 aromatic carbocycles. The second-order valence-corrected chi connectivity index (χ2v) is 35.5. The van der Waals surface area contributed by atoms with Crippen molar-refractivity contribution in [2.75, 3.05) is 34.4 Å². The fourth-order valence-corrected chi connectivity index (χ4v) is 14.2. The maximum absolute atomic E-state index is 12.2. The first kappa shape index (κ1) is 92.6. The molecule has 0 N–H and O–H groups in total. The van der Waals surface area contributed by atoms with E-state index in [0.29, 0.717) is 12.0 Å². The highest BCUT2D eigenvalue weighted by Gasteiger charge is 2.63. The number of rotatable bonds is 28. The molecular formula is C80H148O18. The molecule has 6 rings (SSSR count). The van der Waals surface area contributed by atoms with Crippen LogP contribution in [-0.2, 0) is 85.6 Å². The van der Waals surface area contributed by atoms with Gasteiger partial charge in [-0.3, -0.25) is 28.8 Å². The zero-order valence-corrected chi connectivity index (χ0v) is 68.8. The molecule has 0 aromatic rings. The minimum atomic E-state index is -0.469. The average Bonchev–Trinajstić information content (AvgIpc) is 1.58. The van der Waals surface area contributed by atoms with Crippen LogP contribution in [0.4, 0.5) is 0 Å². The van der Waals surface area contributed by atoms with Crippen molar-refractivity contribution in [1.82, 2.24) is 0 Å². The zero-order chi connectivity index (χ0) is 76.5. The van der Waals surface area contributed by atoms with Crippen molar-refractivity contribution in [3.05, 3.63) is 0 Å². The van der Waals surface area contributed by atoms with E-state index < -0.39 is 57.7 Å². The van der Waals surface area contributed by atoms with Gasteiger partial charge in [0.25, 0.3) is 0 Å². The van der Waals surface area contributed by atoms with Crippen LogP contribution < -0.4 is 0 Å². The first-order valence-corrected chi connectivity index (χ1v) is 37.4. The molecule has 0 radical (unpaired) electrons. The summed E-state index contributed by atoms with van der Waals surface area (Å²) in [6, 6.07) is 0. The first-order chi connectivity index (χ1) is 44.6. The average molecular weight is 1400 g/mol. The van der Waals surface area contributed by atoms with Crippen LogP contribution in [0, 0.1) is 82.7 Å². The molecule has 6 aliphatic rings. The molecule has 6 saturated carbocycles. The summed E-state index contributed by atoms with van der Waals surface area (Å²) in [7, 11) is 3.00. The number of fused-ring (bicyclic) bond motifs is 6. The van der Waals surface area contributed by atoms with E-state index in [9.17, 15) is 28.8 Å². The standard InChI is InChI=1S/2C18H32O3.C17H30O3.C10H20O3.C9H18O3.C8H16O3/c1-8-16(3,4)15(19)21-12(2)20-14-17(5,6)13-9-10-18(14,7)11-13;1-8-16(3,4)15(19)21-12(2)20-14-11-13-9-10-18(14,7)17(13,5)6;1-7-15(2,3)14(18)20-11-19-13-16(4,5)12-8-9-17(13,6)10-12;1-6-10(4,5)9(11)13-8(3)12-7-2;1-6-9(3,4)8(10)12-7(2)11-5;1-5-8(2,3)7(9)11-6-10-4/h2*12-14H,8-11H2,1-7H3;12-13H,7-11H2,1-6H3;8H,6-7H2,1-5H3;7H,6H2,1-5H3;5-6H2,1-4H3. The summed E-state index contributed by atoms with van der Waals surface area (Å²) in [5, 5.41) is 0. The third-order valence-corrected chi connectivity index (χ3v) is 24.8. The summed E-state index contributed by atoms with van der Waals surface area (Å²) in [5.41, 5.74) is -1.10. The van der Waals surface area contributed by atoms with Crippen LogP contribution in [-0.4, -0.2) is 114 Å². The molecule has 0 saturated heterocycles. The van der Waals surface area contributed by atoms with Crippen LogP contribution in [0.3, 0.4) is 0 Å². The Morgan fingerprint density at radius 3 is 1.04 bits per heavy atom. The molecular weight excluding hydrogens is 1250 g/mol. The number of esters is 6. The monoisotopic (exact) mass is 1400 g/mol. The molecule has 0 heterocycles. The molecule has 6 bridgehead atoms. The Hall–Kier alpha value is -3.42. The van der Waals surface area contributed by atoms with Crippen LogP contribution >= 0.6 is 0 Å². The van der Waals surface area contributed by atoms with Crippen LogP contribution in [0.1, 0.15) is 318 Å². The van der Waals surface area contributed by atoms with E-state index in [1.165, 1.54) is 65.6 Å². The predicted octanol–water partition coefficient (Wildman–Crippen LogP) is 19.1. The predicted molar refractivity (Wildman–Crippen MR) is 387 cm³/mol. The third kappa shape index (κ3) is 24.3. The quantitative estimate of drug-likeness (QED) is 0.0404. The number of hydrogen-bond acceptors (Lipinski definition) is 18. The Balaban J connectivity index is 0.000000600. The van der Waals surface area contributed by atoms with Crippen LogP contribution in [0.15, 0.2) is 0 Å². The number of ether oxygens (including phenoxy) is 12. The van der Waals surface area contributed by atoms with Gasteiger partial charge in [0.15, 0.2) is 38.7 Å². The fraction of sp³-hybridized carbons (Fsp3) is 0.925. The van der Waals surface area contributed by atoms with E-state index >= 15 is 0 Å². The van der Waals surface area contributed by atoms with Crippen molar-refractivity contribution >= 4 is 35.8 Å². The molecule has 13 unspecified atom stereocenters. The molecule has 576 valence electrons. The van der Waals surface area contributed by atoms with E-state index in [1.807, 2.05) is 145 Å². The van der Waals surface area contributed by atoms with E-state index in [1.54, 1.807) is 13.8 Å². The summed E-state index contributed by atoms with van der Waals surface area (Å²) in [5.74, 6) is 1.13. The van der Waals surface area contributed by atoms with Crippen LogP contribution in [0.5, 0.6) is 0 Å². The van der Waals surface area contributed by atoms with Crippen molar-refractivity contribution in [2.45, 2.75) is 361 Å². The van der Waals surface area contributed by atoms with E-state index in [0.717, 1.165) is 62.7 Å². The molecule has 18 heteroatoms. The fourth-order valence-electron chi connectivity index (χ4n) is 14.2. The SMILES string of the molecule is CCC(C)(C)C(=O)OC(C)OC.CCC(C)(C)C(=O)OC(C)OC1C2(C)CCC(C2)C1(C)C.CCC(C)(C)C(=O)OC(C)OC1CC2CCC1(C)C2(C)C.CCC(C)(C)C(=O)OCOC.CCC(C)(C)C(=O)OCOC1C2(C)CCC(C2)C1(C)C.CCOC(C)OC(=O)C(C)(C)CC. The normalized spacial score (nSPS) is 27.4. The molecule has 98 heavy (non-hydrogen) atoms. The minimum Gasteiger partial charge on any atom is -0.438 e. The summed E-state index contributed by atoms with van der Waals surface area (Å²) in [6.45, 7) is 65.2. The van der Waals surface area contributed by atoms with Gasteiger partial charge in [-0.05, 0) is 264 Å². The molecule has 6 fully saturated rings. The molecule has 18 nitrogen and oxygen atoms in total. The molecule has 0 amide bonds. The second-order valence-electron chi connectivity index (χ2n) is 35.5. The van der Waals surface area contributed by atoms with E-state index in [2.05, 4.69) is 67.1 Å². The Morgan fingerprint density at radius 2 is 0.735 bits per heavy atom. The highest BCUT2D eigenvalue weighted by Crippen LogP contribution is 2.67. The number of carbonyl (C=O) groups excluding carboxylic acids is 6. The third-order valence-electron chi connectivity index (χ3n) is 24.8. The smallest absolute Gasteiger partial charge is 0.313 e. The number of methoxy groups -OCH3 is 2.